The van der Waals surface area contributed by atoms with Gasteiger partial charge in [0.25, 0.3) is 5.91 Å². The minimum Gasteiger partial charge on any atom is -0.497 e. The fraction of sp³-hybridized carbons (Fsp3) is 0.458. The summed E-state index contributed by atoms with van der Waals surface area (Å²) in [4.78, 5) is 12.8. The van der Waals surface area contributed by atoms with Crippen LogP contribution < -0.4 is 14.8 Å². The first kappa shape index (κ1) is 24.1. The maximum atomic E-state index is 13.1. The van der Waals surface area contributed by atoms with Gasteiger partial charge >= 0.3 is 0 Å². The molecule has 0 radical (unpaired) electrons. The number of carbonyl (C=O) groups excluding carboxylic acids is 1. The van der Waals surface area contributed by atoms with Crippen LogP contribution in [0.1, 0.15) is 36.2 Å². The number of benzene rings is 2. The molecule has 0 spiro atoms. The Labute approximate surface area is 190 Å². The fourth-order valence-corrected chi connectivity index (χ4v) is 5.95. The molecule has 1 N–H and O–H groups in total. The Kier molecular flexibility index (Phi) is 7.79. The molecule has 2 aromatic rings. The van der Waals surface area contributed by atoms with Gasteiger partial charge in [-0.1, -0.05) is 26.0 Å². The first-order valence-corrected chi connectivity index (χ1v) is 12.3. The molecule has 1 aliphatic rings. The van der Waals surface area contributed by atoms with Gasteiger partial charge in [-0.15, -0.1) is 0 Å². The van der Waals surface area contributed by atoms with Crippen molar-refractivity contribution in [3.8, 4) is 11.5 Å². The van der Waals surface area contributed by atoms with Crippen LogP contribution in [0.4, 0.5) is 0 Å². The molecular weight excluding hydrogens is 428 g/mol. The number of piperidine rings is 1. The van der Waals surface area contributed by atoms with Gasteiger partial charge in [0.15, 0.2) is 0 Å². The number of nitrogens with one attached hydrogen (secondary N) is 1. The van der Waals surface area contributed by atoms with Crippen molar-refractivity contribution in [2.75, 3.05) is 33.9 Å². The standard InChI is InChI=1S/C24H32N2O5S/c1-17-12-18(2)16-26(15-17)32(28,29)22-7-5-6-20(13-22)24(27)25-11-10-19-8-9-21(30-3)14-23(19)31-4/h5-9,13-14,17-18H,10-12,15-16H2,1-4H3,(H,25,27). The molecule has 1 heterocycles. The van der Waals surface area contributed by atoms with Crippen LogP contribution in [-0.2, 0) is 16.4 Å². The predicted molar refractivity (Wildman–Crippen MR) is 124 cm³/mol. The number of nitrogens with zero attached hydrogens (tertiary/aromatic N) is 1. The summed E-state index contributed by atoms with van der Waals surface area (Å²) in [5, 5.41) is 2.87. The molecule has 3 rings (SSSR count). The lowest BCUT2D eigenvalue weighted by molar-refractivity contribution is 0.0954. The Bertz CT molecular complexity index is 1040. The minimum absolute atomic E-state index is 0.156. The zero-order chi connectivity index (χ0) is 23.3. The molecule has 0 aromatic heterocycles. The van der Waals surface area contributed by atoms with Crippen molar-refractivity contribution in [1.82, 2.24) is 9.62 Å². The van der Waals surface area contributed by atoms with E-state index in [1.165, 1.54) is 6.07 Å². The van der Waals surface area contributed by atoms with Crippen LogP contribution in [0, 0.1) is 11.8 Å². The van der Waals surface area contributed by atoms with Crippen molar-refractivity contribution in [2.45, 2.75) is 31.6 Å². The lowest BCUT2D eigenvalue weighted by Crippen LogP contribution is -2.42. The molecule has 0 bridgehead atoms. The van der Waals surface area contributed by atoms with E-state index in [0.29, 0.717) is 55.0 Å². The molecule has 2 aromatic carbocycles. The molecule has 8 heteroatoms. The van der Waals surface area contributed by atoms with E-state index >= 15 is 0 Å². The summed E-state index contributed by atoms with van der Waals surface area (Å²) >= 11 is 0. The molecule has 1 saturated heterocycles. The molecule has 2 atom stereocenters. The Balaban J connectivity index is 1.67. The Morgan fingerprint density at radius 2 is 1.78 bits per heavy atom. The van der Waals surface area contributed by atoms with Crippen LogP contribution >= 0.6 is 0 Å². The van der Waals surface area contributed by atoms with Crippen molar-refractivity contribution >= 4 is 15.9 Å². The molecule has 7 nitrogen and oxygen atoms in total. The van der Waals surface area contributed by atoms with E-state index in [2.05, 4.69) is 19.2 Å². The third kappa shape index (κ3) is 5.61. The third-order valence-corrected chi connectivity index (χ3v) is 7.57. The second-order valence-electron chi connectivity index (χ2n) is 8.48. The fourth-order valence-electron chi connectivity index (χ4n) is 4.22. The molecule has 2 unspecified atom stereocenters. The monoisotopic (exact) mass is 460 g/mol. The van der Waals surface area contributed by atoms with Gasteiger partial charge in [0.2, 0.25) is 10.0 Å². The van der Waals surface area contributed by atoms with Crippen LogP contribution in [0.5, 0.6) is 11.5 Å². The molecule has 1 fully saturated rings. The van der Waals surface area contributed by atoms with E-state index < -0.39 is 10.0 Å². The van der Waals surface area contributed by atoms with Crippen LogP contribution in [0.25, 0.3) is 0 Å². The summed E-state index contributed by atoms with van der Waals surface area (Å²) in [5.41, 5.74) is 1.27. The van der Waals surface area contributed by atoms with Gasteiger partial charge in [-0.2, -0.15) is 4.31 Å². The highest BCUT2D eigenvalue weighted by atomic mass is 32.2. The summed E-state index contributed by atoms with van der Waals surface area (Å²) in [6, 6.07) is 11.8. The quantitative estimate of drug-likeness (QED) is 0.653. The lowest BCUT2D eigenvalue weighted by atomic mass is 9.94. The second kappa shape index (κ2) is 10.4. The van der Waals surface area contributed by atoms with E-state index in [1.807, 2.05) is 12.1 Å². The number of carbonyl (C=O) groups is 1. The van der Waals surface area contributed by atoms with Gasteiger partial charge in [0, 0.05) is 31.3 Å². The number of methoxy groups -OCH3 is 2. The SMILES string of the molecule is COc1ccc(CCNC(=O)c2cccc(S(=O)(=O)N3CC(C)CC(C)C3)c2)c(OC)c1. The molecule has 1 amide bonds. The van der Waals surface area contributed by atoms with Gasteiger partial charge in [0.05, 0.1) is 19.1 Å². The number of amides is 1. The Morgan fingerprint density at radius 3 is 2.44 bits per heavy atom. The number of hydrogen-bond acceptors (Lipinski definition) is 5. The maximum Gasteiger partial charge on any atom is 0.251 e. The largest absolute Gasteiger partial charge is 0.497 e. The lowest BCUT2D eigenvalue weighted by Gasteiger charge is -2.34. The molecule has 0 aliphatic carbocycles. The summed E-state index contributed by atoms with van der Waals surface area (Å²) in [5.74, 6) is 1.71. The van der Waals surface area contributed by atoms with Crippen LogP contribution in [0.3, 0.4) is 0 Å². The minimum atomic E-state index is -3.64. The first-order valence-electron chi connectivity index (χ1n) is 10.8. The number of rotatable bonds is 8. The predicted octanol–water partition coefficient (Wildman–Crippen LogP) is 3.34. The zero-order valence-electron chi connectivity index (χ0n) is 19.1. The van der Waals surface area contributed by atoms with E-state index in [-0.39, 0.29) is 10.8 Å². The van der Waals surface area contributed by atoms with Crippen LogP contribution in [-0.4, -0.2) is 52.5 Å². The normalized spacial score (nSPS) is 19.4. The smallest absolute Gasteiger partial charge is 0.251 e. The van der Waals surface area contributed by atoms with Gasteiger partial charge in [0.1, 0.15) is 11.5 Å². The van der Waals surface area contributed by atoms with E-state index in [9.17, 15) is 13.2 Å². The highest BCUT2D eigenvalue weighted by Crippen LogP contribution is 2.27. The average Bonchev–Trinajstić information content (AvgIpc) is 2.78. The van der Waals surface area contributed by atoms with Crippen molar-refractivity contribution in [3.05, 3.63) is 53.6 Å². The van der Waals surface area contributed by atoms with Crippen molar-refractivity contribution in [3.63, 3.8) is 0 Å². The van der Waals surface area contributed by atoms with Gasteiger partial charge in [-0.25, -0.2) is 8.42 Å². The molecule has 32 heavy (non-hydrogen) atoms. The van der Waals surface area contributed by atoms with Crippen LogP contribution in [0.2, 0.25) is 0 Å². The summed E-state index contributed by atoms with van der Waals surface area (Å²) in [6.45, 7) is 5.54. The average molecular weight is 461 g/mol. The highest BCUT2D eigenvalue weighted by molar-refractivity contribution is 7.89. The summed E-state index contributed by atoms with van der Waals surface area (Å²) in [6.07, 6.45) is 1.59. The molecular formula is C24H32N2O5S. The second-order valence-corrected chi connectivity index (χ2v) is 10.4. The summed E-state index contributed by atoms with van der Waals surface area (Å²) in [7, 11) is -0.455. The zero-order valence-corrected chi connectivity index (χ0v) is 19.9. The molecule has 174 valence electrons. The van der Waals surface area contributed by atoms with Gasteiger partial charge in [-0.3, -0.25) is 4.79 Å². The topological polar surface area (TPSA) is 84.9 Å². The van der Waals surface area contributed by atoms with E-state index in [4.69, 9.17) is 9.47 Å². The van der Waals surface area contributed by atoms with Crippen molar-refractivity contribution < 1.29 is 22.7 Å². The Hall–Kier alpha value is -2.58. The molecule has 1 aliphatic heterocycles. The number of ether oxygens (including phenoxy) is 2. The number of sulfonamides is 1. The van der Waals surface area contributed by atoms with Crippen molar-refractivity contribution in [1.29, 1.82) is 0 Å². The van der Waals surface area contributed by atoms with E-state index in [1.54, 1.807) is 42.8 Å². The molecule has 0 saturated carbocycles. The van der Waals surface area contributed by atoms with Gasteiger partial charge in [-0.05, 0) is 54.5 Å². The Morgan fingerprint density at radius 1 is 1.06 bits per heavy atom. The van der Waals surface area contributed by atoms with Gasteiger partial charge < -0.3 is 14.8 Å². The summed E-state index contributed by atoms with van der Waals surface area (Å²) < 4.78 is 38.4. The maximum absolute atomic E-state index is 13.1. The van der Waals surface area contributed by atoms with E-state index in [0.717, 1.165) is 12.0 Å². The van der Waals surface area contributed by atoms with Crippen LogP contribution in [0.15, 0.2) is 47.4 Å². The van der Waals surface area contributed by atoms with Crippen molar-refractivity contribution in [2.24, 2.45) is 11.8 Å². The number of hydrogen-bond donors (Lipinski definition) is 1. The highest BCUT2D eigenvalue weighted by Gasteiger charge is 2.31. The first-order chi connectivity index (χ1) is 15.2. The third-order valence-electron chi connectivity index (χ3n) is 5.74.